The number of aryl methyl sites for hydroxylation is 1. The van der Waals surface area contributed by atoms with Gasteiger partial charge in [-0.05, 0) is 37.8 Å². The Labute approximate surface area is 192 Å². The number of thiazole rings is 1. The third-order valence-electron chi connectivity index (χ3n) is 5.55. The molecule has 1 aliphatic heterocycles. The Balaban J connectivity index is 1.53. The molecule has 172 valence electrons. The highest BCUT2D eigenvalue weighted by Gasteiger charge is 2.36. The predicted octanol–water partition coefficient (Wildman–Crippen LogP) is 2.27. The molecule has 0 saturated carbocycles. The van der Waals surface area contributed by atoms with E-state index in [-0.39, 0.29) is 24.1 Å². The van der Waals surface area contributed by atoms with Gasteiger partial charge in [0, 0.05) is 26.6 Å². The van der Waals surface area contributed by atoms with Crippen LogP contribution in [0.1, 0.15) is 37.4 Å². The van der Waals surface area contributed by atoms with E-state index >= 15 is 0 Å². The molecular formula is C23H30N4O4S. The normalized spacial score (nSPS) is 16.6. The van der Waals surface area contributed by atoms with Crippen LogP contribution < -0.4 is 10.6 Å². The number of carbonyl (C=O) groups excluding carboxylic acids is 3. The van der Waals surface area contributed by atoms with E-state index in [1.807, 2.05) is 36.7 Å². The molecule has 1 saturated heterocycles. The molecule has 3 amide bonds. The third kappa shape index (κ3) is 5.92. The molecule has 2 unspecified atom stereocenters. The molecule has 0 aliphatic carbocycles. The van der Waals surface area contributed by atoms with E-state index < -0.39 is 12.1 Å². The van der Waals surface area contributed by atoms with Crippen LogP contribution in [0.25, 0.3) is 10.4 Å². The fourth-order valence-electron chi connectivity index (χ4n) is 3.78. The summed E-state index contributed by atoms with van der Waals surface area (Å²) >= 11 is 1.61. The maximum absolute atomic E-state index is 12.8. The second kappa shape index (κ2) is 11.2. The second-order valence-electron chi connectivity index (χ2n) is 7.90. The monoisotopic (exact) mass is 458 g/mol. The zero-order valence-corrected chi connectivity index (χ0v) is 19.5. The Bertz CT molecular complexity index is 944. The summed E-state index contributed by atoms with van der Waals surface area (Å²) in [5, 5.41) is 5.64. The van der Waals surface area contributed by atoms with Crippen molar-refractivity contribution in [3.8, 4) is 10.4 Å². The summed E-state index contributed by atoms with van der Waals surface area (Å²) in [4.78, 5) is 44.5. The zero-order chi connectivity index (χ0) is 23.1. The van der Waals surface area contributed by atoms with Gasteiger partial charge >= 0.3 is 0 Å². The van der Waals surface area contributed by atoms with Crippen LogP contribution in [0.15, 0.2) is 29.8 Å². The average molecular weight is 459 g/mol. The van der Waals surface area contributed by atoms with Crippen LogP contribution in [0.3, 0.4) is 0 Å². The highest BCUT2D eigenvalue weighted by Crippen LogP contribution is 2.27. The van der Waals surface area contributed by atoms with Crippen molar-refractivity contribution >= 4 is 29.1 Å². The van der Waals surface area contributed by atoms with Crippen molar-refractivity contribution in [3.63, 3.8) is 0 Å². The molecule has 2 atom stereocenters. The highest BCUT2D eigenvalue weighted by molar-refractivity contribution is 7.13. The lowest BCUT2D eigenvalue weighted by Crippen LogP contribution is -2.52. The van der Waals surface area contributed by atoms with Gasteiger partial charge in [0.25, 0.3) is 0 Å². The van der Waals surface area contributed by atoms with Gasteiger partial charge in [0.2, 0.25) is 17.7 Å². The van der Waals surface area contributed by atoms with Crippen molar-refractivity contribution in [1.29, 1.82) is 0 Å². The Morgan fingerprint density at radius 2 is 2.03 bits per heavy atom. The van der Waals surface area contributed by atoms with Crippen LogP contribution >= 0.6 is 11.3 Å². The van der Waals surface area contributed by atoms with Gasteiger partial charge in [-0.1, -0.05) is 24.3 Å². The number of methoxy groups -OCH3 is 1. The van der Waals surface area contributed by atoms with E-state index in [2.05, 4.69) is 15.6 Å². The van der Waals surface area contributed by atoms with Crippen molar-refractivity contribution in [2.45, 2.75) is 51.7 Å². The number of benzene rings is 1. The van der Waals surface area contributed by atoms with Crippen molar-refractivity contribution < 1.29 is 19.1 Å². The predicted molar refractivity (Wildman–Crippen MR) is 123 cm³/mol. The molecule has 1 fully saturated rings. The Kier molecular flexibility index (Phi) is 8.35. The first-order chi connectivity index (χ1) is 15.4. The van der Waals surface area contributed by atoms with Gasteiger partial charge in [0.1, 0.15) is 12.1 Å². The first-order valence-corrected chi connectivity index (χ1v) is 11.6. The summed E-state index contributed by atoms with van der Waals surface area (Å²) in [6.45, 7) is 4.83. The topological polar surface area (TPSA) is 101 Å². The van der Waals surface area contributed by atoms with Gasteiger partial charge < -0.3 is 20.3 Å². The largest absolute Gasteiger partial charge is 0.384 e. The van der Waals surface area contributed by atoms with Gasteiger partial charge in [0.15, 0.2) is 0 Å². The van der Waals surface area contributed by atoms with Gasteiger partial charge in [-0.25, -0.2) is 4.98 Å². The molecule has 1 aromatic heterocycles. The van der Waals surface area contributed by atoms with Crippen LogP contribution in [0.4, 0.5) is 0 Å². The molecule has 3 rings (SSSR count). The SMILES string of the molecule is COCCC(=O)NC(C)C(=O)N1CCCC1C(=O)NCc1ccc(-c2scnc2C)cc1. The lowest BCUT2D eigenvalue weighted by Gasteiger charge is -2.27. The van der Waals surface area contributed by atoms with E-state index in [0.717, 1.165) is 28.1 Å². The van der Waals surface area contributed by atoms with Crippen LogP contribution in [0, 0.1) is 6.92 Å². The minimum atomic E-state index is -0.685. The number of nitrogens with one attached hydrogen (secondary N) is 2. The van der Waals surface area contributed by atoms with Crippen molar-refractivity contribution in [2.24, 2.45) is 0 Å². The van der Waals surface area contributed by atoms with Crippen LogP contribution in [0.5, 0.6) is 0 Å². The molecular weight excluding hydrogens is 428 g/mol. The van der Waals surface area contributed by atoms with Crippen LogP contribution in [0.2, 0.25) is 0 Å². The fourth-order valence-corrected chi connectivity index (χ4v) is 4.59. The second-order valence-corrected chi connectivity index (χ2v) is 8.76. The standard InChI is InChI=1S/C23H30N4O4S/c1-15-21(32-14-25-15)18-8-6-17(7-9-18)13-24-22(29)19-5-4-11-27(19)23(30)16(2)26-20(28)10-12-31-3/h6-9,14,16,19H,4-5,10-13H2,1-3H3,(H,24,29)(H,26,28). The van der Waals surface area contributed by atoms with Gasteiger partial charge in [0.05, 0.1) is 22.7 Å². The highest BCUT2D eigenvalue weighted by atomic mass is 32.1. The number of likely N-dealkylation sites (tertiary alicyclic amines) is 1. The molecule has 9 heteroatoms. The molecule has 2 heterocycles. The molecule has 1 aliphatic rings. The Morgan fingerprint density at radius 1 is 1.28 bits per heavy atom. The number of rotatable bonds is 9. The molecule has 0 radical (unpaired) electrons. The number of nitrogens with zero attached hydrogens (tertiary/aromatic N) is 2. The lowest BCUT2D eigenvalue weighted by atomic mass is 10.1. The maximum atomic E-state index is 12.8. The van der Waals surface area contributed by atoms with E-state index in [4.69, 9.17) is 4.74 Å². The first kappa shape index (κ1) is 23.9. The minimum Gasteiger partial charge on any atom is -0.384 e. The molecule has 2 N–H and O–H groups in total. The van der Waals surface area contributed by atoms with Crippen LogP contribution in [-0.4, -0.2) is 60.0 Å². The number of hydrogen-bond acceptors (Lipinski definition) is 6. The lowest BCUT2D eigenvalue weighted by molar-refractivity contribution is -0.141. The van der Waals surface area contributed by atoms with E-state index in [1.165, 1.54) is 7.11 Å². The summed E-state index contributed by atoms with van der Waals surface area (Å²) in [6.07, 6.45) is 1.57. The summed E-state index contributed by atoms with van der Waals surface area (Å²) in [5.41, 5.74) is 4.93. The van der Waals surface area contributed by atoms with Gasteiger partial charge in [-0.15, -0.1) is 11.3 Å². The summed E-state index contributed by atoms with van der Waals surface area (Å²) < 4.78 is 4.89. The fraction of sp³-hybridized carbons (Fsp3) is 0.478. The Morgan fingerprint density at radius 3 is 2.69 bits per heavy atom. The van der Waals surface area contributed by atoms with E-state index in [0.29, 0.717) is 26.1 Å². The average Bonchev–Trinajstić information content (AvgIpc) is 3.45. The van der Waals surface area contributed by atoms with Crippen LogP contribution in [-0.2, 0) is 25.7 Å². The number of hydrogen-bond donors (Lipinski definition) is 2. The van der Waals surface area contributed by atoms with Crippen molar-refractivity contribution in [3.05, 3.63) is 41.0 Å². The smallest absolute Gasteiger partial charge is 0.245 e. The van der Waals surface area contributed by atoms with Gasteiger partial charge in [-0.3, -0.25) is 14.4 Å². The Hall–Kier alpha value is -2.78. The maximum Gasteiger partial charge on any atom is 0.245 e. The number of ether oxygens (including phenoxy) is 1. The molecule has 0 spiro atoms. The minimum absolute atomic E-state index is 0.170. The molecule has 0 bridgehead atoms. The summed E-state index contributed by atoms with van der Waals surface area (Å²) in [5.74, 6) is -0.654. The first-order valence-electron chi connectivity index (χ1n) is 10.8. The molecule has 2 aromatic rings. The summed E-state index contributed by atoms with van der Waals surface area (Å²) in [6, 6.07) is 6.84. The van der Waals surface area contributed by atoms with E-state index in [9.17, 15) is 14.4 Å². The number of amides is 3. The molecule has 8 nitrogen and oxygen atoms in total. The summed E-state index contributed by atoms with van der Waals surface area (Å²) in [7, 11) is 1.52. The zero-order valence-electron chi connectivity index (χ0n) is 18.7. The molecule has 32 heavy (non-hydrogen) atoms. The molecule has 1 aromatic carbocycles. The number of aromatic nitrogens is 1. The number of carbonyl (C=O) groups is 3. The van der Waals surface area contributed by atoms with Gasteiger partial charge in [-0.2, -0.15) is 0 Å². The van der Waals surface area contributed by atoms with Crippen molar-refractivity contribution in [2.75, 3.05) is 20.3 Å². The van der Waals surface area contributed by atoms with E-state index in [1.54, 1.807) is 23.2 Å². The quantitative estimate of drug-likeness (QED) is 0.600. The third-order valence-corrected chi connectivity index (χ3v) is 6.53. The van der Waals surface area contributed by atoms with Crippen molar-refractivity contribution in [1.82, 2.24) is 20.5 Å².